The van der Waals surface area contributed by atoms with Gasteiger partial charge in [-0.3, -0.25) is 0 Å². The highest BCUT2D eigenvalue weighted by Crippen LogP contribution is 2.19. The first-order chi connectivity index (χ1) is 8.28. The van der Waals surface area contributed by atoms with E-state index in [4.69, 9.17) is 12.2 Å². The summed E-state index contributed by atoms with van der Waals surface area (Å²) in [6.07, 6.45) is 5.23. The Morgan fingerprint density at radius 3 is 2.65 bits per heavy atom. The van der Waals surface area contributed by atoms with Crippen molar-refractivity contribution in [2.24, 2.45) is 0 Å². The van der Waals surface area contributed by atoms with E-state index in [1.54, 1.807) is 0 Å². The molecule has 1 aromatic carbocycles. The molecule has 0 fully saturated rings. The Labute approximate surface area is 104 Å². The van der Waals surface area contributed by atoms with E-state index in [2.05, 4.69) is 20.9 Å². The second kappa shape index (κ2) is 5.32. The third-order valence-electron chi connectivity index (χ3n) is 1.97. The van der Waals surface area contributed by atoms with Gasteiger partial charge in [0.25, 0.3) is 0 Å². The first-order valence-corrected chi connectivity index (χ1v) is 5.91. The maximum atomic E-state index is 5.53. The lowest BCUT2D eigenvalue weighted by atomic mass is 10.2. The quantitative estimate of drug-likeness (QED) is 0.656. The number of aromatic nitrogens is 3. The van der Waals surface area contributed by atoms with Gasteiger partial charge in [0.2, 0.25) is 11.8 Å². The zero-order valence-corrected chi connectivity index (χ0v) is 9.81. The standard InChI is InChI=1S/C12H10N4S/c1-2-10-14-11(13)16-12(15-10)17-8-9-6-4-3-5-7-9/h1,3-7H,8H2,(H2,13,14,15,16). The summed E-state index contributed by atoms with van der Waals surface area (Å²) in [6.45, 7) is 0. The first kappa shape index (κ1) is 11.4. The number of terminal acetylenes is 1. The summed E-state index contributed by atoms with van der Waals surface area (Å²) in [5.41, 5.74) is 6.73. The van der Waals surface area contributed by atoms with E-state index in [1.165, 1.54) is 17.3 Å². The van der Waals surface area contributed by atoms with Crippen molar-refractivity contribution in [1.82, 2.24) is 15.0 Å². The van der Waals surface area contributed by atoms with Crippen LogP contribution < -0.4 is 5.73 Å². The van der Waals surface area contributed by atoms with Crippen LogP contribution in [0, 0.1) is 12.3 Å². The lowest BCUT2D eigenvalue weighted by Gasteiger charge is -2.01. The highest BCUT2D eigenvalue weighted by molar-refractivity contribution is 7.98. The molecule has 0 amide bonds. The molecule has 17 heavy (non-hydrogen) atoms. The Kier molecular flexibility index (Phi) is 3.58. The van der Waals surface area contributed by atoms with E-state index >= 15 is 0 Å². The molecule has 1 heterocycles. The van der Waals surface area contributed by atoms with Gasteiger partial charge in [0.1, 0.15) is 0 Å². The van der Waals surface area contributed by atoms with Crippen molar-refractivity contribution in [2.45, 2.75) is 10.9 Å². The molecule has 0 unspecified atom stereocenters. The number of nitrogen functional groups attached to an aromatic ring is 1. The van der Waals surface area contributed by atoms with E-state index in [0.717, 1.165) is 5.75 Å². The molecule has 0 bridgehead atoms. The fourth-order valence-electron chi connectivity index (χ4n) is 1.22. The lowest BCUT2D eigenvalue weighted by molar-refractivity contribution is 0.900. The van der Waals surface area contributed by atoms with Crippen LogP contribution in [0.3, 0.4) is 0 Å². The van der Waals surface area contributed by atoms with Crippen molar-refractivity contribution < 1.29 is 0 Å². The topological polar surface area (TPSA) is 64.7 Å². The summed E-state index contributed by atoms with van der Waals surface area (Å²) in [5, 5.41) is 0.550. The van der Waals surface area contributed by atoms with Crippen LogP contribution in [0.4, 0.5) is 5.95 Å². The first-order valence-electron chi connectivity index (χ1n) is 4.93. The van der Waals surface area contributed by atoms with E-state index in [1.807, 2.05) is 30.3 Å². The Bertz CT molecular complexity index is 548. The van der Waals surface area contributed by atoms with Crippen LogP contribution in [-0.4, -0.2) is 15.0 Å². The molecular formula is C12H10N4S. The Hall–Kier alpha value is -2.06. The Balaban J connectivity index is 2.10. The Morgan fingerprint density at radius 2 is 1.94 bits per heavy atom. The normalized spacial score (nSPS) is 9.82. The average molecular weight is 242 g/mol. The van der Waals surface area contributed by atoms with Gasteiger partial charge in [-0.15, -0.1) is 6.42 Å². The molecule has 0 spiro atoms. The third-order valence-corrected chi connectivity index (χ3v) is 2.89. The van der Waals surface area contributed by atoms with Gasteiger partial charge in [0, 0.05) is 5.75 Å². The van der Waals surface area contributed by atoms with Gasteiger partial charge in [-0.25, -0.2) is 0 Å². The van der Waals surface area contributed by atoms with Crippen molar-refractivity contribution in [1.29, 1.82) is 0 Å². The summed E-state index contributed by atoms with van der Waals surface area (Å²) in [4.78, 5) is 11.9. The fraction of sp³-hybridized carbons (Fsp3) is 0.0833. The van der Waals surface area contributed by atoms with E-state index in [0.29, 0.717) is 5.16 Å². The minimum absolute atomic E-state index is 0.156. The summed E-state index contributed by atoms with van der Waals surface area (Å²) in [6, 6.07) is 10.0. The second-order valence-electron chi connectivity index (χ2n) is 3.22. The molecule has 0 aliphatic carbocycles. The number of rotatable bonds is 3. The predicted molar refractivity (Wildman–Crippen MR) is 68.2 cm³/mol. The molecule has 0 aliphatic rings. The minimum Gasteiger partial charge on any atom is -0.368 e. The molecule has 0 aliphatic heterocycles. The van der Waals surface area contributed by atoms with Crippen molar-refractivity contribution in [3.05, 3.63) is 41.7 Å². The van der Waals surface area contributed by atoms with Crippen molar-refractivity contribution in [3.8, 4) is 12.3 Å². The van der Waals surface area contributed by atoms with Gasteiger partial charge < -0.3 is 5.73 Å². The van der Waals surface area contributed by atoms with E-state index in [-0.39, 0.29) is 11.8 Å². The molecule has 1 aromatic heterocycles. The summed E-state index contributed by atoms with van der Waals surface area (Å²) in [5.74, 6) is 3.55. The van der Waals surface area contributed by atoms with Gasteiger partial charge in [0.15, 0.2) is 5.16 Å². The summed E-state index contributed by atoms with van der Waals surface area (Å²) < 4.78 is 0. The maximum Gasteiger partial charge on any atom is 0.225 e. The SMILES string of the molecule is C#Cc1nc(N)nc(SCc2ccccc2)n1. The number of hydrogen-bond donors (Lipinski definition) is 1. The number of nitrogens with zero attached hydrogens (tertiary/aromatic N) is 3. The average Bonchev–Trinajstić information content (AvgIpc) is 2.37. The highest BCUT2D eigenvalue weighted by atomic mass is 32.2. The van der Waals surface area contributed by atoms with Gasteiger partial charge in [-0.1, -0.05) is 42.1 Å². The lowest BCUT2D eigenvalue weighted by Crippen LogP contribution is -2.01. The molecule has 2 N–H and O–H groups in total. The number of thioether (sulfide) groups is 1. The predicted octanol–water partition coefficient (Wildman–Crippen LogP) is 1.73. The molecule has 84 valence electrons. The van der Waals surface area contributed by atoms with Gasteiger partial charge >= 0.3 is 0 Å². The second-order valence-corrected chi connectivity index (χ2v) is 4.16. The van der Waals surface area contributed by atoms with Crippen molar-refractivity contribution >= 4 is 17.7 Å². The molecular weight excluding hydrogens is 232 g/mol. The zero-order valence-electron chi connectivity index (χ0n) is 9.00. The third kappa shape index (κ3) is 3.20. The minimum atomic E-state index is 0.156. The zero-order chi connectivity index (χ0) is 12.1. The summed E-state index contributed by atoms with van der Waals surface area (Å²) >= 11 is 1.48. The van der Waals surface area contributed by atoms with Gasteiger partial charge in [0.05, 0.1) is 0 Å². The molecule has 0 radical (unpaired) electrons. The van der Waals surface area contributed by atoms with Gasteiger partial charge in [-0.05, 0) is 11.5 Å². The molecule has 5 heteroatoms. The molecule has 2 aromatic rings. The van der Waals surface area contributed by atoms with Crippen LogP contribution in [-0.2, 0) is 5.75 Å². The number of anilines is 1. The molecule has 4 nitrogen and oxygen atoms in total. The monoisotopic (exact) mass is 242 g/mol. The Morgan fingerprint density at radius 1 is 1.18 bits per heavy atom. The van der Waals surface area contributed by atoms with E-state index in [9.17, 15) is 0 Å². The van der Waals surface area contributed by atoms with Crippen LogP contribution in [0.25, 0.3) is 0 Å². The summed E-state index contributed by atoms with van der Waals surface area (Å²) in [7, 11) is 0. The van der Waals surface area contributed by atoms with Crippen LogP contribution in [0.1, 0.15) is 11.4 Å². The van der Waals surface area contributed by atoms with Crippen LogP contribution in [0.5, 0.6) is 0 Å². The molecule has 2 rings (SSSR count). The van der Waals surface area contributed by atoms with Crippen molar-refractivity contribution in [2.75, 3.05) is 5.73 Å². The molecule has 0 atom stereocenters. The largest absolute Gasteiger partial charge is 0.368 e. The van der Waals surface area contributed by atoms with Crippen LogP contribution >= 0.6 is 11.8 Å². The molecule has 0 saturated heterocycles. The highest BCUT2D eigenvalue weighted by Gasteiger charge is 2.03. The maximum absolute atomic E-state index is 5.53. The fourth-order valence-corrected chi connectivity index (χ4v) is 2.02. The van der Waals surface area contributed by atoms with Crippen molar-refractivity contribution in [3.63, 3.8) is 0 Å². The smallest absolute Gasteiger partial charge is 0.225 e. The number of hydrogen-bond acceptors (Lipinski definition) is 5. The van der Waals surface area contributed by atoms with Crippen LogP contribution in [0.15, 0.2) is 35.5 Å². The number of benzene rings is 1. The molecule has 0 saturated carbocycles. The van der Waals surface area contributed by atoms with Crippen LogP contribution in [0.2, 0.25) is 0 Å². The number of nitrogens with two attached hydrogens (primary N) is 1. The van der Waals surface area contributed by atoms with Gasteiger partial charge in [-0.2, -0.15) is 15.0 Å². The van der Waals surface area contributed by atoms with E-state index < -0.39 is 0 Å².